The van der Waals surface area contributed by atoms with Crippen LogP contribution in [0.3, 0.4) is 0 Å². The quantitative estimate of drug-likeness (QED) is 0.475. The van der Waals surface area contributed by atoms with Gasteiger partial charge < -0.3 is 9.47 Å². The van der Waals surface area contributed by atoms with Gasteiger partial charge in [-0.25, -0.2) is 9.59 Å². The Morgan fingerprint density at radius 3 is 2.32 bits per heavy atom. The van der Waals surface area contributed by atoms with Gasteiger partial charge in [0.15, 0.2) is 0 Å². The van der Waals surface area contributed by atoms with Gasteiger partial charge in [0.05, 0.1) is 14.2 Å². The molecule has 0 saturated carbocycles. The summed E-state index contributed by atoms with van der Waals surface area (Å²) in [5.41, 5.74) is 0.653. The predicted molar refractivity (Wildman–Crippen MR) is 73.1 cm³/mol. The minimum absolute atomic E-state index is 0.0581. The number of hydrogen-bond donors (Lipinski definition) is 0. The third kappa shape index (κ3) is 4.98. The molecule has 19 heavy (non-hydrogen) atoms. The maximum absolute atomic E-state index is 11.4. The van der Waals surface area contributed by atoms with Gasteiger partial charge in [-0.05, 0) is 24.3 Å². The van der Waals surface area contributed by atoms with Crippen LogP contribution >= 0.6 is 15.9 Å². The zero-order chi connectivity index (χ0) is 14.3. The first-order chi connectivity index (χ1) is 9.06. The summed E-state index contributed by atoms with van der Waals surface area (Å²) >= 11 is 3.31. The van der Waals surface area contributed by atoms with Crippen molar-refractivity contribution >= 4 is 27.9 Å². The van der Waals surface area contributed by atoms with Crippen LogP contribution in [0.1, 0.15) is 5.56 Å². The van der Waals surface area contributed by atoms with E-state index in [2.05, 4.69) is 37.2 Å². The number of methoxy groups -OCH3 is 2. The second kappa shape index (κ2) is 7.39. The average molecular weight is 323 g/mol. The summed E-state index contributed by atoms with van der Waals surface area (Å²) in [5.74, 6) is 4.01. The van der Waals surface area contributed by atoms with Gasteiger partial charge in [-0.3, -0.25) is 0 Å². The van der Waals surface area contributed by atoms with Crippen LogP contribution in [-0.2, 0) is 19.1 Å². The largest absolute Gasteiger partial charge is 0.466 e. The number of esters is 2. The molecule has 0 N–H and O–H groups in total. The molecular weight excluding hydrogens is 312 g/mol. The van der Waals surface area contributed by atoms with Crippen molar-refractivity contribution in [3.05, 3.63) is 46.0 Å². The van der Waals surface area contributed by atoms with Gasteiger partial charge >= 0.3 is 11.9 Å². The lowest BCUT2D eigenvalue weighted by Crippen LogP contribution is -2.06. The molecule has 1 aromatic rings. The Morgan fingerprint density at radius 2 is 1.79 bits per heavy atom. The molecule has 0 fully saturated rings. The molecule has 0 aromatic heterocycles. The highest BCUT2D eigenvalue weighted by molar-refractivity contribution is 9.10. The Balaban J connectivity index is 3.02. The van der Waals surface area contributed by atoms with Crippen LogP contribution in [-0.4, -0.2) is 26.2 Å². The van der Waals surface area contributed by atoms with Crippen molar-refractivity contribution in [2.24, 2.45) is 0 Å². The maximum Gasteiger partial charge on any atom is 0.346 e. The summed E-state index contributed by atoms with van der Waals surface area (Å²) in [6.45, 7) is 0. The first kappa shape index (κ1) is 15.0. The number of carbonyl (C=O) groups excluding carboxylic acids is 2. The number of hydrogen-bond acceptors (Lipinski definition) is 4. The number of ether oxygens (including phenoxy) is 2. The second-order valence-electron chi connectivity index (χ2n) is 3.33. The standard InChI is InChI=1S/C14H11BrO4/c1-18-13(16)9-11(14(17)19-2)6-3-10-4-7-12(15)8-5-10/h4-5,7-9H,1-2H3/b11-9-. The lowest BCUT2D eigenvalue weighted by molar-refractivity contribution is -0.138. The average Bonchev–Trinajstić information content (AvgIpc) is 2.43. The van der Waals surface area contributed by atoms with E-state index in [0.29, 0.717) is 5.56 Å². The van der Waals surface area contributed by atoms with Crippen LogP contribution in [0.2, 0.25) is 0 Å². The molecular formula is C14H11BrO4. The van der Waals surface area contributed by atoms with E-state index in [9.17, 15) is 9.59 Å². The Hall–Kier alpha value is -2.06. The Kier molecular flexibility index (Phi) is 5.83. The Bertz CT molecular complexity index is 561. The molecule has 0 aliphatic heterocycles. The molecule has 0 heterocycles. The van der Waals surface area contributed by atoms with Crippen LogP contribution < -0.4 is 0 Å². The summed E-state index contributed by atoms with van der Waals surface area (Å²) in [4.78, 5) is 22.5. The third-order valence-electron chi connectivity index (χ3n) is 2.05. The van der Waals surface area contributed by atoms with Crippen LogP contribution in [0.4, 0.5) is 0 Å². The van der Waals surface area contributed by atoms with Gasteiger partial charge in [0, 0.05) is 16.1 Å². The lowest BCUT2D eigenvalue weighted by Gasteiger charge is -1.97. The molecule has 4 nitrogen and oxygen atoms in total. The van der Waals surface area contributed by atoms with E-state index in [1.807, 2.05) is 12.1 Å². The van der Waals surface area contributed by atoms with Crippen molar-refractivity contribution < 1.29 is 19.1 Å². The van der Waals surface area contributed by atoms with Crippen molar-refractivity contribution in [3.63, 3.8) is 0 Å². The Labute approximate surface area is 119 Å². The fraction of sp³-hybridized carbons (Fsp3) is 0.143. The van der Waals surface area contributed by atoms with Crippen LogP contribution in [0, 0.1) is 11.8 Å². The fourth-order valence-corrected chi connectivity index (χ4v) is 1.37. The zero-order valence-electron chi connectivity index (χ0n) is 10.4. The van der Waals surface area contributed by atoms with Crippen molar-refractivity contribution in [1.29, 1.82) is 0 Å². The summed E-state index contributed by atoms with van der Waals surface area (Å²) in [5, 5.41) is 0. The van der Waals surface area contributed by atoms with E-state index in [1.54, 1.807) is 12.1 Å². The van der Waals surface area contributed by atoms with Crippen molar-refractivity contribution in [2.75, 3.05) is 14.2 Å². The minimum Gasteiger partial charge on any atom is -0.466 e. The molecule has 0 amide bonds. The van der Waals surface area contributed by atoms with Crippen LogP contribution in [0.5, 0.6) is 0 Å². The van der Waals surface area contributed by atoms with E-state index >= 15 is 0 Å². The van der Waals surface area contributed by atoms with E-state index < -0.39 is 11.9 Å². The molecule has 0 aliphatic carbocycles. The fourth-order valence-electron chi connectivity index (χ4n) is 1.11. The van der Waals surface area contributed by atoms with Gasteiger partial charge in [0.1, 0.15) is 5.57 Å². The first-order valence-corrected chi connectivity index (χ1v) is 6.01. The zero-order valence-corrected chi connectivity index (χ0v) is 12.0. The highest BCUT2D eigenvalue weighted by Gasteiger charge is 2.09. The minimum atomic E-state index is -0.685. The van der Waals surface area contributed by atoms with Gasteiger partial charge in [-0.1, -0.05) is 27.8 Å². The SMILES string of the molecule is COC(=O)/C=C(/C#Cc1ccc(Br)cc1)C(=O)OC. The topological polar surface area (TPSA) is 52.6 Å². The highest BCUT2D eigenvalue weighted by atomic mass is 79.9. The van der Waals surface area contributed by atoms with Crippen LogP contribution in [0.25, 0.3) is 0 Å². The summed E-state index contributed by atoms with van der Waals surface area (Å²) < 4.78 is 9.91. The molecule has 1 rings (SSSR count). The van der Waals surface area contributed by atoms with Gasteiger partial charge in [0.25, 0.3) is 0 Å². The highest BCUT2D eigenvalue weighted by Crippen LogP contribution is 2.09. The Morgan fingerprint density at radius 1 is 1.16 bits per heavy atom. The van der Waals surface area contributed by atoms with Crippen molar-refractivity contribution in [3.8, 4) is 11.8 Å². The van der Waals surface area contributed by atoms with Gasteiger partial charge in [-0.2, -0.15) is 0 Å². The molecule has 0 saturated heterocycles. The lowest BCUT2D eigenvalue weighted by atomic mass is 10.2. The normalized spacial score (nSPS) is 10.2. The van der Waals surface area contributed by atoms with Gasteiger partial charge in [0.2, 0.25) is 0 Å². The second-order valence-corrected chi connectivity index (χ2v) is 4.25. The van der Waals surface area contributed by atoms with E-state index in [0.717, 1.165) is 10.5 Å². The summed E-state index contributed by atoms with van der Waals surface area (Å²) in [6, 6.07) is 7.21. The molecule has 0 spiro atoms. The molecule has 0 radical (unpaired) electrons. The first-order valence-electron chi connectivity index (χ1n) is 5.22. The van der Waals surface area contributed by atoms with Crippen LogP contribution in [0.15, 0.2) is 40.4 Å². The molecule has 98 valence electrons. The van der Waals surface area contributed by atoms with E-state index in [-0.39, 0.29) is 5.57 Å². The third-order valence-corrected chi connectivity index (χ3v) is 2.58. The molecule has 0 unspecified atom stereocenters. The smallest absolute Gasteiger partial charge is 0.346 e. The molecule has 1 aromatic carbocycles. The molecule has 0 atom stereocenters. The van der Waals surface area contributed by atoms with E-state index in [4.69, 9.17) is 0 Å². The number of rotatable bonds is 2. The number of carbonyl (C=O) groups is 2. The predicted octanol–water partition coefficient (Wildman–Crippen LogP) is 2.07. The number of halogens is 1. The maximum atomic E-state index is 11.4. The van der Waals surface area contributed by atoms with Crippen molar-refractivity contribution in [2.45, 2.75) is 0 Å². The summed E-state index contributed by atoms with van der Waals surface area (Å²) in [6.07, 6.45) is 0.998. The molecule has 0 bridgehead atoms. The molecule has 5 heteroatoms. The monoisotopic (exact) mass is 322 g/mol. The van der Waals surface area contributed by atoms with Gasteiger partial charge in [-0.15, -0.1) is 0 Å². The molecule has 0 aliphatic rings. The van der Waals surface area contributed by atoms with Crippen molar-refractivity contribution in [1.82, 2.24) is 0 Å². The summed E-state index contributed by atoms with van der Waals surface area (Å²) in [7, 11) is 2.44. The van der Waals surface area contributed by atoms with E-state index in [1.165, 1.54) is 14.2 Å². The number of benzene rings is 1.